The summed E-state index contributed by atoms with van der Waals surface area (Å²) in [6, 6.07) is 7.27. The molecule has 0 aliphatic carbocycles. The highest BCUT2D eigenvalue weighted by Crippen LogP contribution is 2.36. The minimum absolute atomic E-state index is 0.160. The van der Waals surface area contributed by atoms with E-state index in [2.05, 4.69) is 5.32 Å². The van der Waals surface area contributed by atoms with Crippen LogP contribution >= 0.6 is 34.7 Å². The van der Waals surface area contributed by atoms with Gasteiger partial charge in [0.05, 0.1) is 5.02 Å². The summed E-state index contributed by atoms with van der Waals surface area (Å²) in [5.74, 6) is 0.911. The second-order valence-corrected chi connectivity index (χ2v) is 7.05. The van der Waals surface area contributed by atoms with Gasteiger partial charge >= 0.3 is 0 Å². The predicted molar refractivity (Wildman–Crippen MR) is 80.7 cm³/mol. The largest absolute Gasteiger partial charge is 0.305 e. The Kier molecular flexibility index (Phi) is 4.12. The van der Waals surface area contributed by atoms with Crippen molar-refractivity contribution < 1.29 is 4.39 Å². The summed E-state index contributed by atoms with van der Waals surface area (Å²) >= 11 is 9.36. The fraction of sp³-hybridized carbons (Fsp3) is 0.286. The van der Waals surface area contributed by atoms with Crippen molar-refractivity contribution in [1.82, 2.24) is 5.32 Å². The zero-order valence-electron chi connectivity index (χ0n) is 10.2. The van der Waals surface area contributed by atoms with E-state index in [0.717, 1.165) is 29.3 Å². The number of fused-ring (bicyclic) bond motifs is 1. The van der Waals surface area contributed by atoms with Gasteiger partial charge in [0.1, 0.15) is 5.82 Å². The molecular formula is C14H13ClFNS2. The average molecular weight is 314 g/mol. The number of thiophene rings is 1. The number of hydrogen-bond acceptors (Lipinski definition) is 3. The fourth-order valence-corrected chi connectivity index (χ4v) is 4.38. The highest BCUT2D eigenvalue weighted by molar-refractivity contribution is 7.99. The molecule has 0 radical (unpaired) electrons. The molecule has 1 N–H and O–H groups in total. The molecule has 0 spiro atoms. The molecule has 1 unspecified atom stereocenters. The van der Waals surface area contributed by atoms with Crippen molar-refractivity contribution in [3.63, 3.8) is 0 Å². The van der Waals surface area contributed by atoms with E-state index in [0.29, 0.717) is 0 Å². The van der Waals surface area contributed by atoms with Crippen LogP contribution in [0.25, 0.3) is 0 Å². The summed E-state index contributed by atoms with van der Waals surface area (Å²) in [5, 5.41) is 6.22. The van der Waals surface area contributed by atoms with E-state index in [1.807, 2.05) is 17.5 Å². The van der Waals surface area contributed by atoms with Gasteiger partial charge in [0.25, 0.3) is 0 Å². The van der Waals surface area contributed by atoms with Gasteiger partial charge in [-0.3, -0.25) is 0 Å². The molecule has 100 valence electrons. The van der Waals surface area contributed by atoms with Gasteiger partial charge < -0.3 is 5.32 Å². The quantitative estimate of drug-likeness (QED) is 0.868. The van der Waals surface area contributed by atoms with Crippen molar-refractivity contribution in [3.8, 4) is 0 Å². The molecule has 0 saturated carbocycles. The van der Waals surface area contributed by atoms with Gasteiger partial charge in [0.15, 0.2) is 0 Å². The molecule has 19 heavy (non-hydrogen) atoms. The lowest BCUT2D eigenvalue weighted by Gasteiger charge is -2.26. The van der Waals surface area contributed by atoms with Gasteiger partial charge in [-0.05, 0) is 42.0 Å². The third-order valence-electron chi connectivity index (χ3n) is 3.16. The molecule has 0 saturated heterocycles. The second-order valence-electron chi connectivity index (χ2n) is 4.48. The molecule has 1 aromatic heterocycles. The van der Waals surface area contributed by atoms with Crippen LogP contribution in [-0.2, 0) is 6.54 Å². The number of rotatable bonds is 3. The van der Waals surface area contributed by atoms with E-state index in [1.54, 1.807) is 29.2 Å². The normalized spacial score (nSPS) is 18.3. The first kappa shape index (κ1) is 13.4. The van der Waals surface area contributed by atoms with Crippen LogP contribution in [0.3, 0.4) is 0 Å². The topological polar surface area (TPSA) is 12.0 Å². The van der Waals surface area contributed by atoms with Crippen LogP contribution in [0, 0.1) is 5.82 Å². The molecule has 1 atom stereocenters. The van der Waals surface area contributed by atoms with Gasteiger partial charge in [0.2, 0.25) is 0 Å². The van der Waals surface area contributed by atoms with Crippen LogP contribution in [0.15, 0.2) is 34.5 Å². The first-order valence-electron chi connectivity index (χ1n) is 6.11. The molecule has 0 fully saturated rings. The average Bonchev–Trinajstić information content (AvgIpc) is 2.82. The lowest BCUT2D eigenvalue weighted by Crippen LogP contribution is -2.24. The number of halogens is 2. The smallest absolute Gasteiger partial charge is 0.123 e. The Morgan fingerprint density at radius 2 is 2.26 bits per heavy atom. The summed E-state index contributed by atoms with van der Waals surface area (Å²) in [4.78, 5) is 2.40. The summed E-state index contributed by atoms with van der Waals surface area (Å²) in [6.45, 7) is 0.780. The molecular weight excluding hydrogens is 301 g/mol. The molecule has 2 aromatic rings. The highest BCUT2D eigenvalue weighted by atomic mass is 35.5. The van der Waals surface area contributed by atoms with Crippen molar-refractivity contribution in [2.24, 2.45) is 0 Å². The minimum Gasteiger partial charge on any atom is -0.305 e. The van der Waals surface area contributed by atoms with E-state index in [-0.39, 0.29) is 11.9 Å². The monoisotopic (exact) mass is 313 g/mol. The number of thioether (sulfide) groups is 1. The number of nitrogens with one attached hydrogen (secondary N) is 1. The van der Waals surface area contributed by atoms with E-state index in [1.165, 1.54) is 15.8 Å². The van der Waals surface area contributed by atoms with E-state index < -0.39 is 0 Å². The maximum absolute atomic E-state index is 13.4. The predicted octanol–water partition coefficient (Wildman–Crippen LogP) is 4.87. The SMILES string of the molecule is Fc1ccc2c(c1)C(NCc1cc(Cl)cs1)CCS2. The van der Waals surface area contributed by atoms with E-state index in [9.17, 15) is 4.39 Å². The first-order valence-corrected chi connectivity index (χ1v) is 8.35. The van der Waals surface area contributed by atoms with Gasteiger partial charge in [-0.25, -0.2) is 4.39 Å². The van der Waals surface area contributed by atoms with Crippen molar-refractivity contribution in [3.05, 3.63) is 50.9 Å². The highest BCUT2D eigenvalue weighted by Gasteiger charge is 2.20. The number of benzene rings is 1. The Morgan fingerprint density at radius 3 is 3.05 bits per heavy atom. The maximum Gasteiger partial charge on any atom is 0.123 e. The van der Waals surface area contributed by atoms with Gasteiger partial charge in [0, 0.05) is 27.7 Å². The summed E-state index contributed by atoms with van der Waals surface area (Å²) in [5.41, 5.74) is 1.08. The number of hydrogen-bond donors (Lipinski definition) is 1. The summed E-state index contributed by atoms with van der Waals surface area (Å²) in [7, 11) is 0. The van der Waals surface area contributed by atoms with E-state index in [4.69, 9.17) is 11.6 Å². The van der Waals surface area contributed by atoms with E-state index >= 15 is 0 Å². The lowest BCUT2D eigenvalue weighted by atomic mass is 10.0. The third kappa shape index (κ3) is 3.14. The molecule has 0 amide bonds. The zero-order chi connectivity index (χ0) is 13.2. The Morgan fingerprint density at radius 1 is 1.37 bits per heavy atom. The third-order valence-corrected chi connectivity index (χ3v) is 5.56. The van der Waals surface area contributed by atoms with Gasteiger partial charge in [-0.1, -0.05) is 11.6 Å². The van der Waals surface area contributed by atoms with Crippen LogP contribution in [0.5, 0.6) is 0 Å². The Balaban J connectivity index is 1.74. The minimum atomic E-state index is -0.160. The Bertz CT molecular complexity index is 585. The molecule has 2 heterocycles. The van der Waals surface area contributed by atoms with Crippen LogP contribution < -0.4 is 5.32 Å². The maximum atomic E-state index is 13.4. The zero-order valence-corrected chi connectivity index (χ0v) is 12.5. The molecule has 3 rings (SSSR count). The van der Waals surface area contributed by atoms with Crippen molar-refractivity contribution >= 4 is 34.7 Å². The Hall–Kier alpha value is -0.550. The Labute approximate surface area is 125 Å². The fourth-order valence-electron chi connectivity index (χ4n) is 2.25. The summed E-state index contributed by atoms with van der Waals surface area (Å²) < 4.78 is 13.4. The van der Waals surface area contributed by atoms with Crippen LogP contribution in [0.2, 0.25) is 5.02 Å². The van der Waals surface area contributed by atoms with Gasteiger partial charge in [-0.15, -0.1) is 23.1 Å². The van der Waals surface area contributed by atoms with Crippen molar-refractivity contribution in [2.45, 2.75) is 23.9 Å². The molecule has 0 bridgehead atoms. The van der Waals surface area contributed by atoms with Gasteiger partial charge in [-0.2, -0.15) is 0 Å². The molecule has 1 nitrogen and oxygen atoms in total. The van der Waals surface area contributed by atoms with Crippen LogP contribution in [0.4, 0.5) is 4.39 Å². The first-order chi connectivity index (χ1) is 9.22. The lowest BCUT2D eigenvalue weighted by molar-refractivity contribution is 0.507. The molecule has 1 aromatic carbocycles. The van der Waals surface area contributed by atoms with Crippen LogP contribution in [0.1, 0.15) is 22.9 Å². The molecule has 1 aliphatic heterocycles. The van der Waals surface area contributed by atoms with Crippen LogP contribution in [-0.4, -0.2) is 5.75 Å². The molecule has 1 aliphatic rings. The standard InChI is InChI=1S/C14H13ClFNS2/c15-9-5-11(19-8-9)7-17-13-3-4-18-14-2-1-10(16)6-12(13)14/h1-2,5-6,8,13,17H,3-4,7H2. The van der Waals surface area contributed by atoms with Crippen molar-refractivity contribution in [2.75, 3.05) is 5.75 Å². The second kappa shape index (κ2) is 5.83. The summed E-state index contributed by atoms with van der Waals surface area (Å²) in [6.07, 6.45) is 1.03. The molecule has 5 heteroatoms. The van der Waals surface area contributed by atoms with Crippen molar-refractivity contribution in [1.29, 1.82) is 0 Å².